The van der Waals surface area contributed by atoms with Gasteiger partial charge in [-0.05, 0) is 70.5 Å². The van der Waals surface area contributed by atoms with Crippen molar-refractivity contribution >= 4 is 11.0 Å². The van der Waals surface area contributed by atoms with Crippen LogP contribution in [0.4, 0.5) is 0 Å². The summed E-state index contributed by atoms with van der Waals surface area (Å²) in [5.41, 5.74) is 9.72. The highest BCUT2D eigenvalue weighted by Crippen LogP contribution is 2.31. The molecule has 0 atom stereocenters. The smallest absolute Gasteiger partial charge is 0.109 e. The quantitative estimate of drug-likeness (QED) is 0.662. The highest BCUT2D eigenvalue weighted by molar-refractivity contribution is 5.82. The Labute approximate surface area is 174 Å². The lowest BCUT2D eigenvalue weighted by molar-refractivity contribution is 0.148. The normalized spacial score (nSPS) is 16.2. The van der Waals surface area contributed by atoms with Crippen LogP contribution in [0.2, 0.25) is 0 Å². The molecule has 0 amide bonds. The second kappa shape index (κ2) is 7.88. The lowest BCUT2D eigenvalue weighted by atomic mass is 9.95. The molecule has 1 fully saturated rings. The maximum absolute atomic E-state index is 5.01. The van der Waals surface area contributed by atoms with Crippen molar-refractivity contribution in [2.45, 2.75) is 47.2 Å². The van der Waals surface area contributed by atoms with Gasteiger partial charge in [-0.15, -0.1) is 0 Å². The predicted octanol–water partition coefficient (Wildman–Crippen LogP) is 4.35. The first-order valence-electron chi connectivity index (χ1n) is 10.7. The first-order chi connectivity index (χ1) is 13.8. The molecule has 3 heterocycles. The van der Waals surface area contributed by atoms with Gasteiger partial charge in [-0.2, -0.15) is 5.10 Å². The SMILES string of the molecule is Cc1cc(CN2CCN(C)CC2)c(C)c(-c2cc(C)c3c(cnn3C(C)C)n2)c1. The largest absolute Gasteiger partial charge is 0.304 e. The van der Waals surface area contributed by atoms with Crippen molar-refractivity contribution in [2.75, 3.05) is 33.2 Å². The second-order valence-corrected chi connectivity index (χ2v) is 8.92. The minimum absolute atomic E-state index is 0.328. The summed E-state index contributed by atoms with van der Waals surface area (Å²) < 4.78 is 2.07. The van der Waals surface area contributed by atoms with Crippen LogP contribution in [0, 0.1) is 20.8 Å². The molecule has 0 unspecified atom stereocenters. The van der Waals surface area contributed by atoms with Gasteiger partial charge in [0.25, 0.3) is 0 Å². The molecule has 29 heavy (non-hydrogen) atoms. The zero-order valence-corrected chi connectivity index (χ0v) is 18.7. The molecule has 154 valence electrons. The van der Waals surface area contributed by atoms with Gasteiger partial charge in [-0.3, -0.25) is 9.58 Å². The molecule has 1 saturated heterocycles. The average Bonchev–Trinajstić information content (AvgIpc) is 3.11. The Morgan fingerprint density at radius 1 is 1.00 bits per heavy atom. The lowest BCUT2D eigenvalue weighted by Crippen LogP contribution is -2.44. The van der Waals surface area contributed by atoms with E-state index in [2.05, 4.69) is 79.4 Å². The number of likely N-dealkylation sites (N-methyl/N-ethyl adjacent to an activating group) is 1. The summed E-state index contributed by atoms with van der Waals surface area (Å²) in [4.78, 5) is 9.98. The zero-order chi connectivity index (χ0) is 20.7. The maximum Gasteiger partial charge on any atom is 0.109 e. The minimum Gasteiger partial charge on any atom is -0.304 e. The van der Waals surface area contributed by atoms with E-state index in [1.807, 2.05) is 6.20 Å². The maximum atomic E-state index is 5.01. The summed E-state index contributed by atoms with van der Waals surface area (Å²) in [6.45, 7) is 16.5. The number of rotatable bonds is 4. The molecule has 4 rings (SSSR count). The molecule has 0 spiro atoms. The topological polar surface area (TPSA) is 37.2 Å². The number of pyridine rings is 1. The van der Waals surface area contributed by atoms with Crippen molar-refractivity contribution in [3.05, 3.63) is 46.6 Å². The molecule has 1 aliphatic rings. The van der Waals surface area contributed by atoms with Crippen LogP contribution in [0.5, 0.6) is 0 Å². The van der Waals surface area contributed by atoms with Gasteiger partial charge in [-0.25, -0.2) is 4.98 Å². The van der Waals surface area contributed by atoms with Crippen molar-refractivity contribution in [3.8, 4) is 11.3 Å². The number of nitrogens with zero attached hydrogens (tertiary/aromatic N) is 5. The summed E-state index contributed by atoms with van der Waals surface area (Å²) in [5.74, 6) is 0. The highest BCUT2D eigenvalue weighted by atomic mass is 15.3. The number of aryl methyl sites for hydroxylation is 2. The van der Waals surface area contributed by atoms with E-state index in [1.165, 1.54) is 27.8 Å². The molecular weight excluding hydrogens is 358 g/mol. The van der Waals surface area contributed by atoms with E-state index in [-0.39, 0.29) is 0 Å². The Morgan fingerprint density at radius 3 is 2.41 bits per heavy atom. The molecule has 0 saturated carbocycles. The van der Waals surface area contributed by atoms with E-state index >= 15 is 0 Å². The van der Waals surface area contributed by atoms with Gasteiger partial charge >= 0.3 is 0 Å². The van der Waals surface area contributed by atoms with Crippen LogP contribution in [0.15, 0.2) is 24.4 Å². The van der Waals surface area contributed by atoms with Gasteiger partial charge in [0.2, 0.25) is 0 Å². The van der Waals surface area contributed by atoms with E-state index in [1.54, 1.807) is 0 Å². The number of fused-ring (bicyclic) bond motifs is 1. The average molecular weight is 392 g/mol. The lowest BCUT2D eigenvalue weighted by Gasteiger charge is -2.33. The molecule has 3 aromatic rings. The number of aromatic nitrogens is 3. The fourth-order valence-electron chi connectivity index (χ4n) is 4.39. The molecule has 1 aromatic carbocycles. The molecule has 0 bridgehead atoms. The first-order valence-corrected chi connectivity index (χ1v) is 10.7. The van der Waals surface area contributed by atoms with Crippen LogP contribution in [0.3, 0.4) is 0 Å². The van der Waals surface area contributed by atoms with Crippen LogP contribution in [-0.4, -0.2) is 57.8 Å². The van der Waals surface area contributed by atoms with Gasteiger partial charge < -0.3 is 4.90 Å². The Kier molecular flexibility index (Phi) is 5.45. The highest BCUT2D eigenvalue weighted by Gasteiger charge is 2.18. The van der Waals surface area contributed by atoms with E-state index < -0.39 is 0 Å². The number of benzene rings is 1. The molecule has 0 radical (unpaired) electrons. The van der Waals surface area contributed by atoms with E-state index in [9.17, 15) is 0 Å². The molecule has 0 N–H and O–H groups in total. The van der Waals surface area contributed by atoms with Crippen molar-refractivity contribution in [1.29, 1.82) is 0 Å². The summed E-state index contributed by atoms with van der Waals surface area (Å²) in [6.07, 6.45) is 1.90. The third kappa shape index (κ3) is 3.94. The van der Waals surface area contributed by atoms with E-state index in [0.29, 0.717) is 6.04 Å². The van der Waals surface area contributed by atoms with E-state index in [4.69, 9.17) is 4.98 Å². The third-order valence-electron chi connectivity index (χ3n) is 6.16. The Morgan fingerprint density at radius 2 is 1.72 bits per heavy atom. The Bertz CT molecular complexity index is 1030. The first kappa shape index (κ1) is 20.0. The molecule has 5 nitrogen and oxygen atoms in total. The third-order valence-corrected chi connectivity index (χ3v) is 6.16. The Hall–Kier alpha value is -2.24. The van der Waals surface area contributed by atoms with Gasteiger partial charge in [0.15, 0.2) is 0 Å². The summed E-state index contributed by atoms with van der Waals surface area (Å²) in [6, 6.07) is 7.18. The van der Waals surface area contributed by atoms with Gasteiger partial charge in [-0.1, -0.05) is 11.6 Å². The van der Waals surface area contributed by atoms with Crippen molar-refractivity contribution in [1.82, 2.24) is 24.6 Å². The second-order valence-electron chi connectivity index (χ2n) is 8.92. The minimum atomic E-state index is 0.328. The molecule has 5 heteroatoms. The summed E-state index contributed by atoms with van der Waals surface area (Å²) in [5, 5.41) is 4.57. The Balaban J connectivity index is 1.72. The molecular formula is C24H33N5. The zero-order valence-electron chi connectivity index (χ0n) is 18.7. The van der Waals surface area contributed by atoms with Crippen LogP contribution >= 0.6 is 0 Å². The number of hydrogen-bond donors (Lipinski definition) is 0. The fourth-order valence-corrected chi connectivity index (χ4v) is 4.39. The number of hydrogen-bond acceptors (Lipinski definition) is 4. The van der Waals surface area contributed by atoms with Gasteiger partial charge in [0.1, 0.15) is 5.52 Å². The fraction of sp³-hybridized carbons (Fsp3) is 0.500. The van der Waals surface area contributed by atoms with Crippen molar-refractivity contribution < 1.29 is 0 Å². The molecule has 1 aliphatic heterocycles. The van der Waals surface area contributed by atoms with Crippen LogP contribution < -0.4 is 0 Å². The monoisotopic (exact) mass is 391 g/mol. The van der Waals surface area contributed by atoms with Crippen molar-refractivity contribution in [3.63, 3.8) is 0 Å². The van der Waals surface area contributed by atoms with Crippen LogP contribution in [0.25, 0.3) is 22.3 Å². The number of piperazine rings is 1. The van der Waals surface area contributed by atoms with Crippen LogP contribution in [0.1, 0.15) is 42.1 Å². The van der Waals surface area contributed by atoms with Crippen molar-refractivity contribution in [2.24, 2.45) is 0 Å². The summed E-state index contributed by atoms with van der Waals surface area (Å²) in [7, 11) is 2.21. The van der Waals surface area contributed by atoms with Gasteiger partial charge in [0, 0.05) is 44.3 Å². The summed E-state index contributed by atoms with van der Waals surface area (Å²) >= 11 is 0. The predicted molar refractivity (Wildman–Crippen MR) is 120 cm³/mol. The van der Waals surface area contributed by atoms with Gasteiger partial charge in [0.05, 0.1) is 17.4 Å². The van der Waals surface area contributed by atoms with E-state index in [0.717, 1.165) is 49.5 Å². The molecule has 2 aromatic heterocycles. The standard InChI is InChI=1S/C24H33N5/c1-16(2)29-24-18(4)13-22(26-23(24)14-25-29)21-12-17(3)11-20(19(21)5)15-28-9-7-27(6)8-10-28/h11-14,16H,7-10,15H2,1-6H3. The van der Waals surface area contributed by atoms with Crippen LogP contribution in [-0.2, 0) is 6.54 Å². The molecule has 0 aliphatic carbocycles.